The standard InChI is InChI=1S/C59H40N2/c1-4-13-44(14-5-1)61-57-20-9-8-17-51(57)55-37-39(25-32-58(55)61)38-24-31-56-43(34-38)12-3-2-10-33-60(56)45-26-28-47-42(36-45)22-21-40-35-41(23-27-46(40)47)48-29-30-54-50-16-7-6-15-49(50)53-19-11-18-52(48)59(53)54/h1-6,8-11,13-15,17-37H,7,12,16H2/b3-2-,33-10-. The van der Waals surface area contributed by atoms with Crippen molar-refractivity contribution >= 4 is 76.6 Å². The van der Waals surface area contributed by atoms with E-state index in [1.54, 1.807) is 0 Å². The minimum absolute atomic E-state index is 0.856. The van der Waals surface area contributed by atoms with Crippen LogP contribution in [0.15, 0.2) is 206 Å². The predicted molar refractivity (Wildman–Crippen MR) is 260 cm³/mol. The summed E-state index contributed by atoms with van der Waals surface area (Å²) in [6, 6.07) is 63.5. The van der Waals surface area contributed by atoms with Gasteiger partial charge in [0.25, 0.3) is 0 Å². The number of anilines is 2. The van der Waals surface area contributed by atoms with Gasteiger partial charge in [0.2, 0.25) is 0 Å². The van der Waals surface area contributed by atoms with Gasteiger partial charge in [0.15, 0.2) is 0 Å². The fraction of sp³-hybridized carbons (Fsp3) is 0.0508. The third-order valence-corrected chi connectivity index (χ3v) is 13.4. The highest BCUT2D eigenvalue weighted by Crippen LogP contribution is 2.49. The van der Waals surface area contributed by atoms with Crippen LogP contribution in [-0.2, 0) is 6.42 Å². The van der Waals surface area contributed by atoms with Gasteiger partial charge in [-0.1, -0.05) is 133 Å². The molecule has 286 valence electrons. The summed E-state index contributed by atoms with van der Waals surface area (Å²) in [4.78, 5) is 2.35. The molecule has 3 aliphatic rings. The van der Waals surface area contributed by atoms with Crippen LogP contribution in [0.3, 0.4) is 0 Å². The van der Waals surface area contributed by atoms with Crippen molar-refractivity contribution in [2.24, 2.45) is 0 Å². The van der Waals surface area contributed by atoms with Crippen LogP contribution >= 0.6 is 0 Å². The molecular formula is C59H40N2. The lowest BCUT2D eigenvalue weighted by Crippen LogP contribution is -2.11. The van der Waals surface area contributed by atoms with Gasteiger partial charge in [0.1, 0.15) is 0 Å². The molecule has 1 aromatic heterocycles. The Morgan fingerprint density at radius 2 is 1.21 bits per heavy atom. The summed E-state index contributed by atoms with van der Waals surface area (Å²) < 4.78 is 2.38. The number of rotatable bonds is 4. The maximum Gasteiger partial charge on any atom is 0.0541 e. The lowest BCUT2D eigenvalue weighted by molar-refractivity contribution is 1.06. The highest BCUT2D eigenvalue weighted by Gasteiger charge is 2.25. The highest BCUT2D eigenvalue weighted by atomic mass is 15.1. The number of aromatic nitrogens is 1. The zero-order valence-corrected chi connectivity index (χ0v) is 33.6. The summed E-state index contributed by atoms with van der Waals surface area (Å²) in [5.74, 6) is 0. The lowest BCUT2D eigenvalue weighted by atomic mass is 9.91. The van der Waals surface area contributed by atoms with Crippen molar-refractivity contribution in [3.05, 3.63) is 223 Å². The van der Waals surface area contributed by atoms with Gasteiger partial charge in [-0.05, 0) is 168 Å². The van der Waals surface area contributed by atoms with E-state index >= 15 is 0 Å². The van der Waals surface area contributed by atoms with Gasteiger partial charge in [-0.25, -0.2) is 0 Å². The van der Waals surface area contributed by atoms with E-state index in [0.29, 0.717) is 0 Å². The second-order valence-electron chi connectivity index (χ2n) is 16.7. The fourth-order valence-corrected chi connectivity index (χ4v) is 10.6. The van der Waals surface area contributed by atoms with Crippen LogP contribution in [0.5, 0.6) is 0 Å². The molecule has 2 aliphatic carbocycles. The van der Waals surface area contributed by atoms with Gasteiger partial charge in [-0.15, -0.1) is 0 Å². The Morgan fingerprint density at radius 1 is 0.443 bits per heavy atom. The average molecular weight is 777 g/mol. The van der Waals surface area contributed by atoms with Gasteiger partial charge >= 0.3 is 0 Å². The van der Waals surface area contributed by atoms with E-state index < -0.39 is 0 Å². The van der Waals surface area contributed by atoms with Crippen LogP contribution in [0.2, 0.25) is 0 Å². The van der Waals surface area contributed by atoms with Gasteiger partial charge in [-0.3, -0.25) is 0 Å². The van der Waals surface area contributed by atoms with Crippen molar-refractivity contribution in [3.8, 4) is 27.9 Å². The van der Waals surface area contributed by atoms with Gasteiger partial charge in [0.05, 0.1) is 11.0 Å². The summed E-state index contributed by atoms with van der Waals surface area (Å²) in [5, 5.41) is 10.3. The summed E-state index contributed by atoms with van der Waals surface area (Å²) >= 11 is 0. The van der Waals surface area contributed by atoms with Crippen LogP contribution in [0.25, 0.3) is 93.2 Å². The van der Waals surface area contributed by atoms with Crippen LogP contribution in [-0.4, -0.2) is 4.57 Å². The number of para-hydroxylation sites is 2. The Labute approximate surface area is 354 Å². The normalized spacial score (nSPS) is 15.4. The molecule has 2 heteroatoms. The number of benzene rings is 9. The van der Waals surface area contributed by atoms with Crippen LogP contribution in [0.4, 0.5) is 11.4 Å². The van der Waals surface area contributed by atoms with E-state index in [0.717, 1.165) is 24.9 Å². The van der Waals surface area contributed by atoms with Crippen LogP contribution < -0.4 is 4.90 Å². The molecule has 13 rings (SSSR count). The van der Waals surface area contributed by atoms with Crippen molar-refractivity contribution in [1.29, 1.82) is 0 Å². The number of hydrogen-bond donors (Lipinski definition) is 0. The first kappa shape index (κ1) is 34.2. The minimum Gasteiger partial charge on any atom is -0.317 e. The molecule has 0 unspecified atom stereocenters. The molecule has 0 bridgehead atoms. The largest absolute Gasteiger partial charge is 0.317 e. The molecule has 0 saturated heterocycles. The number of hydrogen-bond acceptors (Lipinski definition) is 1. The molecule has 0 N–H and O–H groups in total. The van der Waals surface area contributed by atoms with E-state index in [1.165, 1.54) is 116 Å². The molecule has 61 heavy (non-hydrogen) atoms. The quantitative estimate of drug-likeness (QED) is 0.162. The Kier molecular flexibility index (Phi) is 7.53. The van der Waals surface area contributed by atoms with Crippen LogP contribution in [0.1, 0.15) is 29.5 Å². The van der Waals surface area contributed by atoms with E-state index in [4.69, 9.17) is 0 Å². The zero-order chi connectivity index (χ0) is 40.0. The van der Waals surface area contributed by atoms with E-state index in [-0.39, 0.29) is 0 Å². The summed E-state index contributed by atoms with van der Waals surface area (Å²) in [7, 11) is 0. The number of fused-ring (bicyclic) bond motifs is 9. The molecule has 0 fully saturated rings. The minimum atomic E-state index is 0.856. The Bertz CT molecular complexity index is 3610. The third-order valence-electron chi connectivity index (χ3n) is 13.4. The van der Waals surface area contributed by atoms with E-state index in [2.05, 4.69) is 216 Å². The average Bonchev–Trinajstić information content (AvgIpc) is 3.82. The summed E-state index contributed by atoms with van der Waals surface area (Å²) in [6.45, 7) is 0. The second kappa shape index (κ2) is 13.4. The first-order chi connectivity index (χ1) is 30.2. The SMILES string of the molecule is C1=CC2=C(CC1)c1ccc(-c3ccc4c(ccc5cc(N6/C=C\C=C/Cc7cc(-c8ccc9c(c8)c8ccccc8n9-c8ccccc8)ccc76)ccc54)c3)c3cccc2c13. The molecule has 10 aromatic rings. The van der Waals surface area contributed by atoms with Crippen molar-refractivity contribution in [2.75, 3.05) is 4.90 Å². The maximum atomic E-state index is 2.39. The summed E-state index contributed by atoms with van der Waals surface area (Å²) in [5.41, 5.74) is 18.0. The smallest absolute Gasteiger partial charge is 0.0541 e. The molecule has 9 aromatic carbocycles. The van der Waals surface area contributed by atoms with E-state index in [9.17, 15) is 0 Å². The molecular weight excluding hydrogens is 737 g/mol. The van der Waals surface area contributed by atoms with Crippen molar-refractivity contribution in [3.63, 3.8) is 0 Å². The van der Waals surface area contributed by atoms with Crippen LogP contribution in [0, 0.1) is 0 Å². The van der Waals surface area contributed by atoms with Gasteiger partial charge < -0.3 is 9.47 Å². The molecule has 1 aliphatic heterocycles. The second-order valence-corrected chi connectivity index (χ2v) is 16.7. The highest BCUT2D eigenvalue weighted by molar-refractivity contribution is 6.19. The Morgan fingerprint density at radius 3 is 2.15 bits per heavy atom. The molecule has 2 nitrogen and oxygen atoms in total. The predicted octanol–water partition coefficient (Wildman–Crippen LogP) is 15.9. The molecule has 2 heterocycles. The molecule has 0 amide bonds. The molecule has 0 saturated carbocycles. The number of allylic oxidation sites excluding steroid dienone is 7. The third kappa shape index (κ3) is 5.29. The first-order valence-corrected chi connectivity index (χ1v) is 21.5. The Hall–Kier alpha value is -7.68. The lowest BCUT2D eigenvalue weighted by Gasteiger charge is -2.25. The topological polar surface area (TPSA) is 8.17 Å². The molecule has 0 atom stereocenters. The monoisotopic (exact) mass is 776 g/mol. The molecule has 0 spiro atoms. The van der Waals surface area contributed by atoms with Crippen molar-refractivity contribution in [1.82, 2.24) is 4.57 Å². The van der Waals surface area contributed by atoms with Gasteiger partial charge in [-0.2, -0.15) is 0 Å². The van der Waals surface area contributed by atoms with Crippen molar-refractivity contribution in [2.45, 2.75) is 19.3 Å². The van der Waals surface area contributed by atoms with Gasteiger partial charge in [0, 0.05) is 34.0 Å². The maximum absolute atomic E-state index is 2.39. The Balaban J connectivity index is 0.854. The first-order valence-electron chi connectivity index (χ1n) is 21.5. The van der Waals surface area contributed by atoms with Crippen molar-refractivity contribution < 1.29 is 0 Å². The zero-order valence-electron chi connectivity index (χ0n) is 33.6. The fourth-order valence-electron chi connectivity index (χ4n) is 10.6. The number of nitrogens with zero attached hydrogens (tertiary/aromatic N) is 2. The van der Waals surface area contributed by atoms with E-state index in [1.807, 2.05) is 0 Å². The molecule has 0 radical (unpaired) electrons. The summed E-state index contributed by atoms with van der Waals surface area (Å²) in [6.07, 6.45) is 16.6.